The quantitative estimate of drug-likeness (QED) is 0.649. The lowest BCUT2D eigenvalue weighted by atomic mass is 10.1. The smallest absolute Gasteiger partial charge is 0.208 e. The van der Waals surface area contributed by atoms with Gasteiger partial charge in [-0.1, -0.05) is 43.0 Å². The van der Waals surface area contributed by atoms with Crippen LogP contribution in [0.2, 0.25) is 0 Å². The second kappa shape index (κ2) is 6.85. The first-order valence-corrected chi connectivity index (χ1v) is 8.35. The Kier molecular flexibility index (Phi) is 5.13. The summed E-state index contributed by atoms with van der Waals surface area (Å²) in [6, 6.07) is 8.46. The Balaban J connectivity index is 2.04. The maximum absolute atomic E-state index is 4.49. The number of H-pyrrole nitrogens is 1. The largest absolute Gasteiger partial charge is 0.258 e. The van der Waals surface area contributed by atoms with E-state index in [2.05, 4.69) is 52.6 Å². The van der Waals surface area contributed by atoms with Crippen LogP contribution in [0.5, 0.6) is 0 Å². The molecule has 2 rings (SSSR count). The average Bonchev–Trinajstić information content (AvgIpc) is 2.88. The van der Waals surface area contributed by atoms with E-state index in [1.165, 1.54) is 5.56 Å². The minimum absolute atomic E-state index is 0.832. The lowest BCUT2D eigenvalue weighted by Crippen LogP contribution is -1.84. The summed E-state index contributed by atoms with van der Waals surface area (Å²) in [5.74, 6) is 3.02. The van der Waals surface area contributed by atoms with E-state index in [1.807, 2.05) is 11.8 Å². The van der Waals surface area contributed by atoms with Crippen molar-refractivity contribution in [3.05, 3.63) is 29.8 Å². The highest BCUT2D eigenvalue weighted by Gasteiger charge is 2.05. The van der Waals surface area contributed by atoms with Crippen LogP contribution < -0.4 is 0 Å². The van der Waals surface area contributed by atoms with E-state index in [0.29, 0.717) is 0 Å². The summed E-state index contributed by atoms with van der Waals surface area (Å²) in [5, 5.41) is 8.05. The van der Waals surface area contributed by atoms with Crippen molar-refractivity contribution in [2.45, 2.75) is 18.5 Å². The zero-order valence-electron chi connectivity index (χ0n) is 10.6. The molecule has 0 saturated heterocycles. The molecule has 0 spiro atoms. The van der Waals surface area contributed by atoms with Crippen LogP contribution in [-0.2, 0) is 6.42 Å². The Morgan fingerprint density at radius 2 is 1.94 bits per heavy atom. The van der Waals surface area contributed by atoms with Gasteiger partial charge >= 0.3 is 0 Å². The first kappa shape index (κ1) is 13.5. The SMILES string of the molecule is CCc1ccc(-c2nc(SCCSC)n[nH]2)cc1. The van der Waals surface area contributed by atoms with E-state index in [-0.39, 0.29) is 0 Å². The number of benzene rings is 1. The fourth-order valence-corrected chi connectivity index (χ4v) is 3.00. The van der Waals surface area contributed by atoms with Crippen molar-refractivity contribution in [3.8, 4) is 11.4 Å². The normalized spacial score (nSPS) is 10.8. The standard InChI is InChI=1S/C13H17N3S2/c1-3-10-4-6-11(7-5-10)12-14-13(16-15-12)18-9-8-17-2/h4-7H,3,8-9H2,1-2H3,(H,14,15,16). The number of hydrogen-bond donors (Lipinski definition) is 1. The van der Waals surface area contributed by atoms with Crippen LogP contribution in [0, 0.1) is 0 Å². The summed E-state index contributed by atoms with van der Waals surface area (Å²) in [6.45, 7) is 2.16. The van der Waals surface area contributed by atoms with Crippen molar-refractivity contribution in [2.24, 2.45) is 0 Å². The number of nitrogens with zero attached hydrogens (tertiary/aromatic N) is 2. The number of aryl methyl sites for hydroxylation is 1. The molecule has 3 nitrogen and oxygen atoms in total. The Hall–Kier alpha value is -0.940. The molecule has 0 aliphatic carbocycles. The van der Waals surface area contributed by atoms with Gasteiger partial charge in [0.25, 0.3) is 0 Å². The molecule has 0 atom stereocenters. The van der Waals surface area contributed by atoms with Gasteiger partial charge in [-0.2, -0.15) is 11.8 Å². The second-order valence-corrected chi connectivity index (χ2v) is 5.91. The minimum atomic E-state index is 0.832. The van der Waals surface area contributed by atoms with E-state index in [1.54, 1.807) is 11.8 Å². The van der Waals surface area contributed by atoms with Gasteiger partial charge in [-0.15, -0.1) is 5.10 Å². The molecule has 2 aromatic rings. The number of thioether (sulfide) groups is 2. The first-order valence-electron chi connectivity index (χ1n) is 5.97. The van der Waals surface area contributed by atoms with Gasteiger partial charge in [-0.05, 0) is 18.2 Å². The summed E-state index contributed by atoms with van der Waals surface area (Å²) in [4.78, 5) is 4.49. The lowest BCUT2D eigenvalue weighted by Gasteiger charge is -1.98. The molecule has 5 heteroatoms. The Morgan fingerprint density at radius 1 is 1.17 bits per heavy atom. The molecule has 18 heavy (non-hydrogen) atoms. The Bertz CT molecular complexity index is 479. The molecule has 96 valence electrons. The molecular formula is C13H17N3S2. The van der Waals surface area contributed by atoms with Crippen molar-refractivity contribution < 1.29 is 0 Å². The molecule has 1 aromatic carbocycles. The number of aromatic amines is 1. The van der Waals surface area contributed by atoms with Crippen molar-refractivity contribution in [2.75, 3.05) is 17.8 Å². The highest BCUT2D eigenvalue weighted by atomic mass is 32.2. The highest BCUT2D eigenvalue weighted by Crippen LogP contribution is 2.20. The van der Waals surface area contributed by atoms with Gasteiger partial charge in [0.2, 0.25) is 5.16 Å². The molecule has 0 radical (unpaired) electrons. The molecule has 1 aromatic heterocycles. The summed E-state index contributed by atoms with van der Waals surface area (Å²) in [7, 11) is 0. The van der Waals surface area contributed by atoms with Gasteiger partial charge < -0.3 is 0 Å². The summed E-state index contributed by atoms with van der Waals surface area (Å²) >= 11 is 3.54. The molecule has 1 heterocycles. The van der Waals surface area contributed by atoms with Gasteiger partial charge in [0.05, 0.1) is 0 Å². The lowest BCUT2D eigenvalue weighted by molar-refractivity contribution is 0.974. The van der Waals surface area contributed by atoms with Gasteiger partial charge in [0.15, 0.2) is 5.82 Å². The maximum Gasteiger partial charge on any atom is 0.208 e. The zero-order chi connectivity index (χ0) is 12.8. The topological polar surface area (TPSA) is 41.6 Å². The van der Waals surface area contributed by atoms with E-state index in [4.69, 9.17) is 0 Å². The van der Waals surface area contributed by atoms with Gasteiger partial charge in [-0.25, -0.2) is 4.98 Å². The van der Waals surface area contributed by atoms with E-state index >= 15 is 0 Å². The number of hydrogen-bond acceptors (Lipinski definition) is 4. The fourth-order valence-electron chi connectivity index (χ4n) is 1.55. The van der Waals surface area contributed by atoms with Gasteiger partial charge in [0.1, 0.15) is 0 Å². The van der Waals surface area contributed by atoms with Gasteiger partial charge in [0, 0.05) is 17.1 Å². The van der Waals surface area contributed by atoms with Crippen molar-refractivity contribution in [1.82, 2.24) is 15.2 Å². The van der Waals surface area contributed by atoms with E-state index in [0.717, 1.165) is 34.5 Å². The van der Waals surface area contributed by atoms with Crippen LogP contribution in [0.1, 0.15) is 12.5 Å². The fraction of sp³-hybridized carbons (Fsp3) is 0.385. The minimum Gasteiger partial charge on any atom is -0.258 e. The summed E-state index contributed by atoms with van der Waals surface area (Å²) in [6.07, 6.45) is 3.17. The predicted octanol–water partition coefficient (Wildman–Crippen LogP) is 3.49. The molecule has 0 aliphatic heterocycles. The average molecular weight is 279 g/mol. The van der Waals surface area contributed by atoms with Crippen LogP contribution in [-0.4, -0.2) is 32.9 Å². The summed E-state index contributed by atoms with van der Waals surface area (Å²) < 4.78 is 0. The molecule has 0 unspecified atom stereocenters. The number of rotatable bonds is 6. The molecule has 0 fully saturated rings. The van der Waals surface area contributed by atoms with Crippen molar-refractivity contribution >= 4 is 23.5 Å². The third-order valence-electron chi connectivity index (χ3n) is 2.62. The second-order valence-electron chi connectivity index (χ2n) is 3.86. The third kappa shape index (κ3) is 3.53. The third-order valence-corrected chi connectivity index (χ3v) is 4.34. The van der Waals surface area contributed by atoms with Crippen LogP contribution in [0.3, 0.4) is 0 Å². The zero-order valence-corrected chi connectivity index (χ0v) is 12.3. The first-order chi connectivity index (χ1) is 8.83. The van der Waals surface area contributed by atoms with Crippen molar-refractivity contribution in [1.29, 1.82) is 0 Å². The molecule has 1 N–H and O–H groups in total. The predicted molar refractivity (Wildman–Crippen MR) is 80.3 cm³/mol. The van der Waals surface area contributed by atoms with Gasteiger partial charge in [-0.3, -0.25) is 5.10 Å². The van der Waals surface area contributed by atoms with Crippen LogP contribution in [0.4, 0.5) is 0 Å². The van der Waals surface area contributed by atoms with E-state index < -0.39 is 0 Å². The molecule has 0 saturated carbocycles. The monoisotopic (exact) mass is 279 g/mol. The number of aromatic nitrogens is 3. The maximum atomic E-state index is 4.49. The summed E-state index contributed by atoms with van der Waals surface area (Å²) in [5.41, 5.74) is 2.43. The van der Waals surface area contributed by atoms with Crippen LogP contribution in [0.15, 0.2) is 29.4 Å². The van der Waals surface area contributed by atoms with Crippen LogP contribution >= 0.6 is 23.5 Å². The molecular weight excluding hydrogens is 262 g/mol. The highest BCUT2D eigenvalue weighted by molar-refractivity contribution is 8.02. The van der Waals surface area contributed by atoms with Crippen molar-refractivity contribution in [3.63, 3.8) is 0 Å². The molecule has 0 amide bonds. The van der Waals surface area contributed by atoms with E-state index in [9.17, 15) is 0 Å². The Morgan fingerprint density at radius 3 is 2.61 bits per heavy atom. The number of nitrogens with one attached hydrogen (secondary N) is 1. The Labute approximate surface area is 116 Å². The molecule has 0 bridgehead atoms. The molecule has 0 aliphatic rings. The van der Waals surface area contributed by atoms with Crippen LogP contribution in [0.25, 0.3) is 11.4 Å².